The van der Waals surface area contributed by atoms with Gasteiger partial charge in [-0.2, -0.15) is 0 Å². The number of ether oxygens (including phenoxy) is 4. The Morgan fingerprint density at radius 2 is 1.91 bits per heavy atom. The standard InChI is InChI=1S/C27H51N7O9/c1-26(38)13-40-24(19(36)22(26)31-2)43-21-17(34-25(37)27(39)6-9-33-12-27)10-16(30)20(18(21)35)42-23-15(29)5-4-14(41-23)11-32-8-3-7-28/h4,15-24,31-33,35-36,38-39H,3,5-13,28-30H2,1-2H3,(H,34,37)/t15-,16+,17-,18+,19-,20-,21+,22-,23-,24-,26+,27?/m1/s1. The number of likely N-dealkylation sites (N-methyl/N-ethyl adjacent to an activating group) is 1. The highest BCUT2D eigenvalue weighted by Gasteiger charge is 2.52. The second-order valence-electron chi connectivity index (χ2n) is 12.3. The lowest BCUT2D eigenvalue weighted by atomic mass is 9.83. The Morgan fingerprint density at radius 1 is 1.16 bits per heavy atom. The van der Waals surface area contributed by atoms with E-state index in [1.807, 2.05) is 6.08 Å². The van der Waals surface area contributed by atoms with Gasteiger partial charge in [0.2, 0.25) is 6.29 Å². The van der Waals surface area contributed by atoms with Crippen LogP contribution in [0.1, 0.15) is 32.6 Å². The van der Waals surface area contributed by atoms with E-state index in [1.54, 1.807) is 7.05 Å². The molecule has 0 spiro atoms. The second kappa shape index (κ2) is 14.7. The zero-order valence-electron chi connectivity index (χ0n) is 25.0. The molecule has 1 amide bonds. The number of aliphatic hydroxyl groups is 4. The van der Waals surface area contributed by atoms with Crippen LogP contribution in [-0.4, -0.2) is 145 Å². The number of rotatable bonds is 12. The summed E-state index contributed by atoms with van der Waals surface area (Å²) < 4.78 is 24.0. The highest BCUT2D eigenvalue weighted by atomic mass is 16.7. The fraction of sp³-hybridized carbons (Fsp3) is 0.889. The molecule has 2 saturated heterocycles. The molecule has 43 heavy (non-hydrogen) atoms. The van der Waals surface area contributed by atoms with E-state index in [9.17, 15) is 25.2 Å². The number of carbonyl (C=O) groups is 1. The van der Waals surface area contributed by atoms with Crippen molar-refractivity contribution in [2.75, 3.05) is 46.4 Å². The summed E-state index contributed by atoms with van der Waals surface area (Å²) >= 11 is 0. The zero-order valence-corrected chi connectivity index (χ0v) is 25.0. The highest BCUT2D eigenvalue weighted by Crippen LogP contribution is 2.32. The first kappa shape index (κ1) is 34.4. The molecule has 16 nitrogen and oxygen atoms in total. The smallest absolute Gasteiger partial charge is 0.253 e. The molecule has 0 aromatic rings. The third-order valence-corrected chi connectivity index (χ3v) is 8.71. The summed E-state index contributed by atoms with van der Waals surface area (Å²) in [7, 11) is 1.59. The third-order valence-electron chi connectivity index (χ3n) is 8.71. The molecular formula is C27H51N7O9. The predicted octanol–water partition coefficient (Wildman–Crippen LogP) is -4.99. The molecule has 4 aliphatic rings. The maximum atomic E-state index is 13.1. The van der Waals surface area contributed by atoms with Crippen molar-refractivity contribution in [2.45, 2.75) is 105 Å². The number of hydrogen-bond acceptors (Lipinski definition) is 15. The summed E-state index contributed by atoms with van der Waals surface area (Å²) in [4.78, 5) is 13.1. The van der Waals surface area contributed by atoms with Gasteiger partial charge in [0, 0.05) is 12.6 Å². The minimum absolute atomic E-state index is 0.0780. The molecule has 12 atom stereocenters. The molecule has 0 bridgehead atoms. The normalized spacial score (nSPS) is 43.6. The fourth-order valence-electron chi connectivity index (χ4n) is 6.13. The van der Waals surface area contributed by atoms with Gasteiger partial charge in [-0.1, -0.05) is 0 Å². The Balaban J connectivity index is 1.50. The van der Waals surface area contributed by atoms with Crippen LogP contribution in [0.3, 0.4) is 0 Å². The van der Waals surface area contributed by atoms with Crippen LogP contribution in [0.25, 0.3) is 0 Å². The number of amides is 1. The second-order valence-corrected chi connectivity index (χ2v) is 12.3. The topological polar surface area (TPSA) is 261 Å². The number of nitrogens with two attached hydrogens (primary N) is 3. The number of β-amino-alcohol motifs (C(OH)–C–C–N with tert-alkyl or cyclic N) is 1. The van der Waals surface area contributed by atoms with Crippen LogP contribution >= 0.6 is 0 Å². The molecule has 4 rings (SSSR count). The van der Waals surface area contributed by atoms with Gasteiger partial charge in [0.25, 0.3) is 5.91 Å². The van der Waals surface area contributed by atoms with Crippen molar-refractivity contribution >= 4 is 5.91 Å². The average Bonchev–Trinajstić information content (AvgIpc) is 3.41. The van der Waals surface area contributed by atoms with E-state index < -0.39 is 78.3 Å². The Labute approximate surface area is 252 Å². The molecule has 1 aliphatic carbocycles. The maximum Gasteiger partial charge on any atom is 0.253 e. The van der Waals surface area contributed by atoms with Crippen LogP contribution in [-0.2, 0) is 23.7 Å². The Bertz CT molecular complexity index is 954. The zero-order chi connectivity index (χ0) is 31.4. The van der Waals surface area contributed by atoms with Crippen LogP contribution < -0.4 is 38.5 Å². The fourth-order valence-corrected chi connectivity index (χ4v) is 6.13. The van der Waals surface area contributed by atoms with Crippen molar-refractivity contribution in [3.8, 4) is 0 Å². The summed E-state index contributed by atoms with van der Waals surface area (Å²) in [6, 6.07) is -3.00. The molecule has 3 aliphatic heterocycles. The van der Waals surface area contributed by atoms with Crippen molar-refractivity contribution in [2.24, 2.45) is 17.2 Å². The molecular weight excluding hydrogens is 566 g/mol. The first-order valence-corrected chi connectivity index (χ1v) is 15.1. The van der Waals surface area contributed by atoms with Gasteiger partial charge in [0.05, 0.1) is 31.3 Å². The van der Waals surface area contributed by atoms with Gasteiger partial charge in [-0.3, -0.25) is 4.79 Å². The number of hydrogen-bond donors (Lipinski definition) is 11. The molecule has 0 radical (unpaired) electrons. The lowest BCUT2D eigenvalue weighted by Gasteiger charge is -2.49. The minimum Gasteiger partial charge on any atom is -0.467 e. The Hall–Kier alpha value is -1.51. The quantitative estimate of drug-likeness (QED) is 0.0916. The molecule has 16 heteroatoms. The molecule has 14 N–H and O–H groups in total. The van der Waals surface area contributed by atoms with E-state index in [0.717, 1.165) is 13.0 Å². The molecule has 1 unspecified atom stereocenters. The lowest BCUT2D eigenvalue weighted by molar-refractivity contribution is -0.304. The summed E-state index contributed by atoms with van der Waals surface area (Å²) in [5.74, 6) is 0.00778. The third kappa shape index (κ3) is 8.02. The van der Waals surface area contributed by atoms with Gasteiger partial charge in [0.1, 0.15) is 35.8 Å². The minimum atomic E-state index is -1.63. The summed E-state index contributed by atoms with van der Waals surface area (Å²) in [5, 5.41) is 56.0. The summed E-state index contributed by atoms with van der Waals surface area (Å²) in [6.07, 6.45) is -3.66. The largest absolute Gasteiger partial charge is 0.467 e. The van der Waals surface area contributed by atoms with Gasteiger partial charge in [-0.05, 0) is 65.4 Å². The van der Waals surface area contributed by atoms with E-state index in [-0.39, 0.29) is 26.0 Å². The van der Waals surface area contributed by atoms with Crippen molar-refractivity contribution in [1.82, 2.24) is 21.3 Å². The summed E-state index contributed by atoms with van der Waals surface area (Å²) in [5.41, 5.74) is 15.3. The van der Waals surface area contributed by atoms with Gasteiger partial charge >= 0.3 is 0 Å². The van der Waals surface area contributed by atoms with Crippen LogP contribution in [0.15, 0.2) is 11.8 Å². The highest BCUT2D eigenvalue weighted by molar-refractivity contribution is 5.86. The van der Waals surface area contributed by atoms with Crippen molar-refractivity contribution in [1.29, 1.82) is 0 Å². The van der Waals surface area contributed by atoms with Gasteiger partial charge in [-0.25, -0.2) is 0 Å². The monoisotopic (exact) mass is 617 g/mol. The van der Waals surface area contributed by atoms with E-state index in [0.29, 0.717) is 31.8 Å². The van der Waals surface area contributed by atoms with Gasteiger partial charge in [-0.15, -0.1) is 0 Å². The maximum absolute atomic E-state index is 13.1. The Morgan fingerprint density at radius 3 is 2.58 bits per heavy atom. The van der Waals surface area contributed by atoms with Crippen LogP contribution in [0.5, 0.6) is 0 Å². The van der Waals surface area contributed by atoms with Crippen molar-refractivity contribution < 1.29 is 44.2 Å². The van der Waals surface area contributed by atoms with Crippen molar-refractivity contribution in [3.05, 3.63) is 11.8 Å². The van der Waals surface area contributed by atoms with Gasteiger partial charge in [0.15, 0.2) is 11.9 Å². The molecule has 3 heterocycles. The molecule has 3 fully saturated rings. The van der Waals surface area contributed by atoms with E-state index in [4.69, 9.17) is 36.1 Å². The van der Waals surface area contributed by atoms with E-state index in [1.165, 1.54) is 6.92 Å². The van der Waals surface area contributed by atoms with Crippen LogP contribution in [0, 0.1) is 0 Å². The van der Waals surface area contributed by atoms with E-state index in [2.05, 4.69) is 21.3 Å². The number of aliphatic hydroxyl groups excluding tert-OH is 2. The van der Waals surface area contributed by atoms with Gasteiger partial charge < -0.3 is 77.8 Å². The SMILES string of the molecule is CN[C@@H]1[C@@H](O)[C@@H](O[C@@H]2[C@@H](O)[C@H](O[C@H]3OC(CNCCCN)=CC[C@H]3N)[C@@H](N)C[C@H]2NC(=O)C2(O)CCNC2)OC[C@]1(C)O. The lowest BCUT2D eigenvalue weighted by Crippen LogP contribution is -2.70. The summed E-state index contributed by atoms with van der Waals surface area (Å²) in [6.45, 7) is 3.66. The molecule has 1 saturated carbocycles. The van der Waals surface area contributed by atoms with Crippen LogP contribution in [0.4, 0.5) is 0 Å². The number of nitrogens with one attached hydrogen (secondary N) is 4. The molecule has 248 valence electrons. The van der Waals surface area contributed by atoms with Crippen LogP contribution in [0.2, 0.25) is 0 Å². The molecule has 0 aromatic carbocycles. The Kier molecular flexibility index (Phi) is 11.8. The molecule has 0 aromatic heterocycles. The van der Waals surface area contributed by atoms with Crippen molar-refractivity contribution in [3.63, 3.8) is 0 Å². The number of carbonyl (C=O) groups excluding carboxylic acids is 1. The first-order chi connectivity index (χ1) is 20.4. The predicted molar refractivity (Wildman–Crippen MR) is 154 cm³/mol. The van der Waals surface area contributed by atoms with E-state index >= 15 is 0 Å². The average molecular weight is 618 g/mol. The first-order valence-electron chi connectivity index (χ1n) is 15.1.